The van der Waals surface area contributed by atoms with E-state index in [4.69, 9.17) is 4.74 Å². The number of benzene rings is 1. The van der Waals surface area contributed by atoms with Crippen LogP contribution in [0.5, 0.6) is 0 Å². The molecular weight excluding hydrogens is 254 g/mol. The Morgan fingerprint density at radius 1 is 1.35 bits per heavy atom. The molecule has 0 spiro atoms. The van der Waals surface area contributed by atoms with Gasteiger partial charge < -0.3 is 9.64 Å². The van der Waals surface area contributed by atoms with Crippen molar-refractivity contribution in [2.24, 2.45) is 0 Å². The molecule has 2 atom stereocenters. The molecule has 0 aliphatic carbocycles. The second kappa shape index (κ2) is 6.55. The normalized spacial score (nSPS) is 19.7. The monoisotopic (exact) mass is 275 g/mol. The van der Waals surface area contributed by atoms with Crippen LogP contribution in [0.25, 0.3) is 0 Å². The maximum atomic E-state index is 12.7. The number of hydrogen-bond acceptors (Lipinski definition) is 3. The van der Waals surface area contributed by atoms with Crippen LogP contribution in [0.1, 0.15) is 37.7 Å². The lowest BCUT2D eigenvalue weighted by atomic mass is 9.95. The maximum Gasteiger partial charge on any atom is 0.328 e. The largest absolute Gasteiger partial charge is 0.467 e. The number of carbonyl (C=O) groups is 2. The minimum Gasteiger partial charge on any atom is -0.467 e. The zero-order valence-corrected chi connectivity index (χ0v) is 12.0. The first-order valence-electron chi connectivity index (χ1n) is 7.12. The van der Waals surface area contributed by atoms with E-state index in [1.807, 2.05) is 37.3 Å². The highest BCUT2D eigenvalue weighted by Gasteiger charge is 2.37. The molecule has 0 bridgehead atoms. The van der Waals surface area contributed by atoms with Gasteiger partial charge in [0.15, 0.2) is 0 Å². The second-order valence-electron chi connectivity index (χ2n) is 5.08. The molecule has 0 saturated carbocycles. The van der Waals surface area contributed by atoms with E-state index in [2.05, 4.69) is 0 Å². The number of nitrogens with zero attached hydrogens (tertiary/aromatic N) is 1. The van der Waals surface area contributed by atoms with Crippen LogP contribution in [0.4, 0.5) is 0 Å². The van der Waals surface area contributed by atoms with E-state index in [9.17, 15) is 9.59 Å². The molecular formula is C16H21NO3. The number of esters is 1. The fourth-order valence-corrected chi connectivity index (χ4v) is 2.85. The molecule has 1 aliphatic heterocycles. The van der Waals surface area contributed by atoms with Crippen molar-refractivity contribution in [1.29, 1.82) is 0 Å². The van der Waals surface area contributed by atoms with E-state index >= 15 is 0 Å². The van der Waals surface area contributed by atoms with Crippen molar-refractivity contribution in [2.45, 2.75) is 38.1 Å². The molecule has 20 heavy (non-hydrogen) atoms. The minimum absolute atomic E-state index is 0.0339. The van der Waals surface area contributed by atoms with Gasteiger partial charge in [-0.25, -0.2) is 4.79 Å². The van der Waals surface area contributed by atoms with Gasteiger partial charge in [-0.2, -0.15) is 0 Å². The van der Waals surface area contributed by atoms with Gasteiger partial charge in [-0.3, -0.25) is 4.79 Å². The molecule has 1 saturated heterocycles. The van der Waals surface area contributed by atoms with Gasteiger partial charge in [-0.15, -0.1) is 0 Å². The van der Waals surface area contributed by atoms with Gasteiger partial charge in [0.05, 0.1) is 13.0 Å². The molecule has 0 radical (unpaired) electrons. The topological polar surface area (TPSA) is 46.6 Å². The van der Waals surface area contributed by atoms with Crippen molar-refractivity contribution < 1.29 is 14.3 Å². The Balaban J connectivity index is 2.18. The van der Waals surface area contributed by atoms with Gasteiger partial charge in [0, 0.05) is 6.54 Å². The van der Waals surface area contributed by atoms with Crippen LogP contribution in [0.3, 0.4) is 0 Å². The Kier molecular flexibility index (Phi) is 4.77. The number of likely N-dealkylation sites (tertiary alicyclic amines) is 1. The molecule has 4 heteroatoms. The standard InChI is InChI=1S/C16H21NO3/c1-3-13(12-8-5-4-6-9-12)15(18)17-11-7-10-14(17)16(19)20-2/h4-6,8-9,13-14H,3,7,10-11H2,1-2H3. The molecule has 4 nitrogen and oxygen atoms in total. The van der Waals surface area contributed by atoms with E-state index in [0.717, 1.165) is 18.4 Å². The van der Waals surface area contributed by atoms with Crippen molar-refractivity contribution in [3.63, 3.8) is 0 Å². The number of amides is 1. The van der Waals surface area contributed by atoms with Crippen LogP contribution in [-0.4, -0.2) is 36.5 Å². The first kappa shape index (κ1) is 14.6. The predicted octanol–water partition coefficient (Wildman–Crippen LogP) is 2.34. The summed E-state index contributed by atoms with van der Waals surface area (Å²) in [6.45, 7) is 2.64. The summed E-state index contributed by atoms with van der Waals surface area (Å²) in [5, 5.41) is 0. The number of rotatable bonds is 4. The van der Waals surface area contributed by atoms with Gasteiger partial charge in [-0.05, 0) is 24.8 Å². The van der Waals surface area contributed by atoms with Crippen molar-refractivity contribution in [2.75, 3.05) is 13.7 Å². The van der Waals surface area contributed by atoms with Gasteiger partial charge in [0.1, 0.15) is 6.04 Å². The second-order valence-corrected chi connectivity index (χ2v) is 5.08. The van der Waals surface area contributed by atoms with Gasteiger partial charge in [0.2, 0.25) is 5.91 Å². The molecule has 1 aromatic rings. The van der Waals surface area contributed by atoms with Gasteiger partial charge in [-0.1, -0.05) is 37.3 Å². The molecule has 0 aromatic heterocycles. The van der Waals surface area contributed by atoms with Crippen LogP contribution in [0, 0.1) is 0 Å². The van der Waals surface area contributed by atoms with Crippen LogP contribution in [-0.2, 0) is 14.3 Å². The third kappa shape index (κ3) is 2.84. The molecule has 0 N–H and O–H groups in total. The Labute approximate surface area is 119 Å². The Bertz CT molecular complexity index is 472. The third-order valence-electron chi connectivity index (χ3n) is 3.92. The molecule has 1 aromatic carbocycles. The summed E-state index contributed by atoms with van der Waals surface area (Å²) in [7, 11) is 1.37. The lowest BCUT2D eigenvalue weighted by Gasteiger charge is -2.27. The molecule has 1 fully saturated rings. The first-order valence-corrected chi connectivity index (χ1v) is 7.12. The minimum atomic E-state index is -0.412. The summed E-state index contributed by atoms with van der Waals surface area (Å²) in [6.07, 6.45) is 2.29. The molecule has 1 aliphatic rings. The molecule has 1 heterocycles. The van der Waals surface area contributed by atoms with E-state index in [0.29, 0.717) is 13.0 Å². The zero-order chi connectivity index (χ0) is 14.5. The molecule has 108 valence electrons. The zero-order valence-electron chi connectivity index (χ0n) is 12.0. The smallest absolute Gasteiger partial charge is 0.328 e. The summed E-state index contributed by atoms with van der Waals surface area (Å²) in [6, 6.07) is 9.34. The van der Waals surface area contributed by atoms with Crippen molar-refractivity contribution in [3.8, 4) is 0 Å². The predicted molar refractivity (Wildman–Crippen MR) is 76.2 cm³/mol. The summed E-state index contributed by atoms with van der Waals surface area (Å²) < 4.78 is 4.80. The van der Waals surface area contributed by atoms with Gasteiger partial charge >= 0.3 is 5.97 Å². The van der Waals surface area contributed by atoms with E-state index < -0.39 is 6.04 Å². The average molecular weight is 275 g/mol. The summed E-state index contributed by atoms with van der Waals surface area (Å²) >= 11 is 0. The Morgan fingerprint density at radius 2 is 2.05 bits per heavy atom. The Hall–Kier alpha value is -1.84. The number of methoxy groups -OCH3 is 1. The highest BCUT2D eigenvalue weighted by atomic mass is 16.5. The number of carbonyl (C=O) groups excluding carboxylic acids is 2. The molecule has 2 unspecified atom stereocenters. The lowest BCUT2D eigenvalue weighted by molar-refractivity contribution is -0.151. The number of hydrogen-bond donors (Lipinski definition) is 0. The third-order valence-corrected chi connectivity index (χ3v) is 3.92. The molecule has 1 amide bonds. The summed E-state index contributed by atoms with van der Waals surface area (Å²) in [4.78, 5) is 26.2. The van der Waals surface area contributed by atoms with E-state index in [1.165, 1.54) is 7.11 Å². The fraction of sp³-hybridized carbons (Fsp3) is 0.500. The summed E-state index contributed by atoms with van der Waals surface area (Å²) in [5.41, 5.74) is 1.01. The summed E-state index contributed by atoms with van der Waals surface area (Å²) in [5.74, 6) is -0.452. The molecule has 2 rings (SSSR count). The SMILES string of the molecule is CCC(C(=O)N1CCCC1C(=O)OC)c1ccccc1. The number of ether oxygens (including phenoxy) is 1. The van der Waals surface area contributed by atoms with Gasteiger partial charge in [0.25, 0.3) is 0 Å². The highest BCUT2D eigenvalue weighted by molar-refractivity contribution is 5.89. The quantitative estimate of drug-likeness (QED) is 0.792. The van der Waals surface area contributed by atoms with Crippen LogP contribution in [0.2, 0.25) is 0 Å². The first-order chi connectivity index (χ1) is 9.69. The van der Waals surface area contributed by atoms with E-state index in [-0.39, 0.29) is 17.8 Å². The fourth-order valence-electron chi connectivity index (χ4n) is 2.85. The average Bonchev–Trinajstić information content (AvgIpc) is 2.97. The van der Waals surface area contributed by atoms with Crippen LogP contribution >= 0.6 is 0 Å². The van der Waals surface area contributed by atoms with Crippen molar-refractivity contribution in [3.05, 3.63) is 35.9 Å². The van der Waals surface area contributed by atoms with Crippen LogP contribution < -0.4 is 0 Å². The van der Waals surface area contributed by atoms with Crippen molar-refractivity contribution >= 4 is 11.9 Å². The Morgan fingerprint density at radius 3 is 2.65 bits per heavy atom. The lowest BCUT2D eigenvalue weighted by Crippen LogP contribution is -2.43. The van der Waals surface area contributed by atoms with Crippen LogP contribution in [0.15, 0.2) is 30.3 Å². The highest BCUT2D eigenvalue weighted by Crippen LogP contribution is 2.27. The van der Waals surface area contributed by atoms with E-state index in [1.54, 1.807) is 4.90 Å². The maximum absolute atomic E-state index is 12.7. The van der Waals surface area contributed by atoms with Crippen molar-refractivity contribution in [1.82, 2.24) is 4.90 Å².